The van der Waals surface area contributed by atoms with Crippen molar-refractivity contribution in [2.45, 2.75) is 28.5 Å². The predicted octanol–water partition coefficient (Wildman–Crippen LogP) is 4.75. The number of fused-ring (bicyclic) bond motifs is 1. The van der Waals surface area contributed by atoms with E-state index in [1.54, 1.807) is 36.0 Å². The lowest BCUT2D eigenvalue weighted by molar-refractivity contribution is 0.614. The Morgan fingerprint density at radius 1 is 1.25 bits per heavy atom. The molecule has 0 radical (unpaired) electrons. The smallest absolute Gasteiger partial charge is 0.212 e. The Kier molecular flexibility index (Phi) is 3.62. The SMILES string of the molecule is NC1=Nc2ccc(Cl)cc2C1(N=O)c1cc(F)ccc1SC1CC1. The summed E-state index contributed by atoms with van der Waals surface area (Å²) in [7, 11) is 0. The molecule has 7 heteroatoms. The van der Waals surface area contributed by atoms with E-state index < -0.39 is 11.4 Å². The molecule has 4 nitrogen and oxygen atoms in total. The molecule has 2 aromatic rings. The Labute approximate surface area is 147 Å². The second kappa shape index (κ2) is 5.57. The molecule has 0 aromatic heterocycles. The number of aliphatic imine (C=N–C) groups is 1. The molecule has 0 spiro atoms. The molecule has 4 rings (SSSR count). The average molecular weight is 362 g/mol. The van der Waals surface area contributed by atoms with E-state index in [0.29, 0.717) is 27.1 Å². The highest BCUT2D eigenvalue weighted by Crippen LogP contribution is 2.50. The van der Waals surface area contributed by atoms with Gasteiger partial charge in [0.2, 0.25) is 5.54 Å². The molecule has 1 saturated carbocycles. The number of benzene rings is 2. The normalized spacial score (nSPS) is 22.2. The van der Waals surface area contributed by atoms with Crippen LogP contribution in [0.4, 0.5) is 10.1 Å². The summed E-state index contributed by atoms with van der Waals surface area (Å²) in [6, 6.07) is 9.36. The molecule has 2 N–H and O–H groups in total. The molecule has 122 valence electrons. The second-order valence-electron chi connectivity index (χ2n) is 5.92. The van der Waals surface area contributed by atoms with Crippen molar-refractivity contribution in [3.8, 4) is 0 Å². The first kappa shape index (κ1) is 15.6. The van der Waals surface area contributed by atoms with Crippen LogP contribution in [0.3, 0.4) is 0 Å². The molecule has 24 heavy (non-hydrogen) atoms. The van der Waals surface area contributed by atoms with Gasteiger partial charge in [0.15, 0.2) is 0 Å². The van der Waals surface area contributed by atoms with Crippen LogP contribution in [0, 0.1) is 10.7 Å². The first-order valence-corrected chi connectivity index (χ1v) is 8.76. The lowest BCUT2D eigenvalue weighted by atomic mass is 9.83. The van der Waals surface area contributed by atoms with Crippen molar-refractivity contribution in [2.24, 2.45) is 15.9 Å². The Hall–Kier alpha value is -1.92. The fourth-order valence-corrected chi connectivity index (χ4v) is 4.31. The van der Waals surface area contributed by atoms with Crippen molar-refractivity contribution in [3.63, 3.8) is 0 Å². The number of nitrogens with zero attached hydrogens (tertiary/aromatic N) is 2. The zero-order valence-electron chi connectivity index (χ0n) is 12.5. The molecule has 1 heterocycles. The van der Waals surface area contributed by atoms with Crippen LogP contribution in [-0.4, -0.2) is 11.1 Å². The van der Waals surface area contributed by atoms with Gasteiger partial charge in [-0.25, -0.2) is 9.38 Å². The van der Waals surface area contributed by atoms with Crippen LogP contribution in [0.2, 0.25) is 5.02 Å². The van der Waals surface area contributed by atoms with Crippen LogP contribution in [0.25, 0.3) is 0 Å². The lowest BCUT2D eigenvalue weighted by Gasteiger charge is -2.25. The molecule has 0 amide bonds. The first-order valence-electron chi connectivity index (χ1n) is 7.50. The third-order valence-corrected chi connectivity index (χ3v) is 5.90. The van der Waals surface area contributed by atoms with Crippen LogP contribution in [0.15, 0.2) is 51.5 Å². The van der Waals surface area contributed by atoms with E-state index in [-0.39, 0.29) is 5.84 Å². The van der Waals surface area contributed by atoms with Crippen molar-refractivity contribution in [2.75, 3.05) is 0 Å². The Balaban J connectivity index is 1.97. The standard InChI is InChI=1S/C17H13ClFN3OS/c18-9-1-5-14-12(7-9)17(22-23,16(20)21-14)13-8-10(19)2-6-15(13)24-11-3-4-11/h1-2,5-8,11H,3-4H2,(H2,20,21). The van der Waals surface area contributed by atoms with Gasteiger partial charge in [-0.15, -0.1) is 16.7 Å². The summed E-state index contributed by atoms with van der Waals surface area (Å²) in [5, 5.41) is 4.26. The molecule has 0 bridgehead atoms. The maximum Gasteiger partial charge on any atom is 0.212 e. The van der Waals surface area contributed by atoms with Crippen LogP contribution in [0.5, 0.6) is 0 Å². The van der Waals surface area contributed by atoms with Gasteiger partial charge < -0.3 is 5.73 Å². The summed E-state index contributed by atoms with van der Waals surface area (Å²) in [5.74, 6) is -0.408. The molecule has 1 aliphatic heterocycles. The first-order chi connectivity index (χ1) is 11.5. The minimum Gasteiger partial charge on any atom is -0.384 e. The maximum absolute atomic E-state index is 14.0. The van der Waals surface area contributed by atoms with Crippen molar-refractivity contribution in [1.29, 1.82) is 0 Å². The summed E-state index contributed by atoms with van der Waals surface area (Å²) in [6.07, 6.45) is 2.21. The third kappa shape index (κ3) is 2.32. The molecule has 1 atom stereocenters. The van der Waals surface area contributed by atoms with Gasteiger partial charge >= 0.3 is 0 Å². The minimum atomic E-state index is -1.54. The molecule has 0 saturated heterocycles. The molecular formula is C17H13ClFN3OS. The molecule has 1 aliphatic carbocycles. The fourth-order valence-electron chi connectivity index (χ4n) is 2.93. The molecule has 2 aromatic carbocycles. The van der Waals surface area contributed by atoms with Crippen molar-refractivity contribution in [3.05, 3.63) is 63.3 Å². The van der Waals surface area contributed by atoms with Crippen LogP contribution < -0.4 is 5.73 Å². The van der Waals surface area contributed by atoms with Gasteiger partial charge in [0.1, 0.15) is 11.7 Å². The average Bonchev–Trinajstić information content (AvgIpc) is 3.32. The number of nitrogens with two attached hydrogens (primary N) is 1. The number of hydrogen-bond acceptors (Lipinski definition) is 5. The second-order valence-corrected chi connectivity index (χ2v) is 7.70. The Bertz CT molecular complexity index is 884. The number of hydrogen-bond donors (Lipinski definition) is 1. The Morgan fingerprint density at radius 2 is 2.04 bits per heavy atom. The number of halogens is 2. The van der Waals surface area contributed by atoms with E-state index in [1.807, 2.05) is 0 Å². The maximum atomic E-state index is 14.0. The van der Waals surface area contributed by atoms with Gasteiger partial charge in [-0.3, -0.25) is 0 Å². The van der Waals surface area contributed by atoms with Gasteiger partial charge in [0, 0.05) is 26.3 Å². The number of rotatable bonds is 4. The minimum absolute atomic E-state index is 0.0398. The van der Waals surface area contributed by atoms with Gasteiger partial charge in [-0.05, 0) is 54.4 Å². The Morgan fingerprint density at radius 3 is 2.75 bits per heavy atom. The van der Waals surface area contributed by atoms with Gasteiger partial charge in [0.05, 0.1) is 5.69 Å². The van der Waals surface area contributed by atoms with Crippen LogP contribution >= 0.6 is 23.4 Å². The van der Waals surface area contributed by atoms with Gasteiger partial charge in [-0.2, -0.15) is 0 Å². The predicted molar refractivity (Wildman–Crippen MR) is 94.6 cm³/mol. The zero-order chi connectivity index (χ0) is 16.9. The summed E-state index contributed by atoms with van der Waals surface area (Å²) in [5.41, 5.74) is 6.01. The molecular weight excluding hydrogens is 349 g/mol. The summed E-state index contributed by atoms with van der Waals surface area (Å²) < 4.78 is 14.0. The van der Waals surface area contributed by atoms with E-state index in [4.69, 9.17) is 17.3 Å². The zero-order valence-corrected chi connectivity index (χ0v) is 14.1. The molecule has 1 unspecified atom stereocenters. The summed E-state index contributed by atoms with van der Waals surface area (Å²) >= 11 is 7.71. The van der Waals surface area contributed by atoms with E-state index in [1.165, 1.54) is 12.1 Å². The van der Waals surface area contributed by atoms with E-state index in [2.05, 4.69) is 10.2 Å². The number of nitroso groups, excluding NO2 is 1. The van der Waals surface area contributed by atoms with Gasteiger partial charge in [0.25, 0.3) is 0 Å². The van der Waals surface area contributed by atoms with Crippen molar-refractivity contribution in [1.82, 2.24) is 0 Å². The highest BCUT2D eigenvalue weighted by atomic mass is 35.5. The fraction of sp³-hybridized carbons (Fsp3) is 0.235. The summed E-state index contributed by atoms with van der Waals surface area (Å²) in [6.45, 7) is 0. The lowest BCUT2D eigenvalue weighted by Crippen LogP contribution is -2.38. The van der Waals surface area contributed by atoms with E-state index in [0.717, 1.165) is 17.7 Å². The van der Waals surface area contributed by atoms with Crippen molar-refractivity contribution >= 4 is 34.9 Å². The van der Waals surface area contributed by atoms with Crippen LogP contribution in [0.1, 0.15) is 24.0 Å². The highest BCUT2D eigenvalue weighted by Gasteiger charge is 2.48. The van der Waals surface area contributed by atoms with E-state index >= 15 is 0 Å². The highest BCUT2D eigenvalue weighted by molar-refractivity contribution is 8.00. The molecule has 1 fully saturated rings. The van der Waals surface area contributed by atoms with Gasteiger partial charge in [-0.1, -0.05) is 11.6 Å². The van der Waals surface area contributed by atoms with Crippen LogP contribution in [-0.2, 0) is 5.54 Å². The third-order valence-electron chi connectivity index (χ3n) is 4.25. The van der Waals surface area contributed by atoms with Crippen molar-refractivity contribution < 1.29 is 4.39 Å². The largest absolute Gasteiger partial charge is 0.384 e. The number of amidine groups is 1. The monoisotopic (exact) mass is 361 g/mol. The van der Waals surface area contributed by atoms with E-state index in [9.17, 15) is 9.30 Å². The number of thioether (sulfide) groups is 1. The quantitative estimate of drug-likeness (QED) is 0.799. The summed E-state index contributed by atoms with van der Waals surface area (Å²) in [4.78, 5) is 17.1. The molecule has 2 aliphatic rings. The topological polar surface area (TPSA) is 67.8 Å².